The summed E-state index contributed by atoms with van der Waals surface area (Å²) in [6.07, 6.45) is 2.58. The number of hydrogen-bond donors (Lipinski definition) is 1. The lowest BCUT2D eigenvalue weighted by Crippen LogP contribution is -2.07. The van der Waals surface area contributed by atoms with Crippen molar-refractivity contribution in [3.05, 3.63) is 64.9 Å². The first-order chi connectivity index (χ1) is 10.6. The van der Waals surface area contributed by atoms with Gasteiger partial charge in [-0.1, -0.05) is 41.1 Å². The van der Waals surface area contributed by atoms with Crippen LogP contribution in [0, 0.1) is 5.82 Å². The molecule has 6 heteroatoms. The average molecular weight is 333 g/mol. The minimum atomic E-state index is -0.475. The van der Waals surface area contributed by atoms with Crippen LogP contribution in [0.4, 0.5) is 9.52 Å². The van der Waals surface area contributed by atoms with Crippen LogP contribution < -0.4 is 5.32 Å². The average Bonchev–Trinajstić information content (AvgIpc) is 2.88. The number of aromatic nitrogens is 1. The molecule has 0 aliphatic carbocycles. The number of amides is 1. The summed E-state index contributed by atoms with van der Waals surface area (Å²) >= 11 is 7.27. The Bertz CT molecular complexity index is 822. The number of halogens is 2. The van der Waals surface area contributed by atoms with E-state index < -0.39 is 11.7 Å². The van der Waals surface area contributed by atoms with Crippen LogP contribution in [0.3, 0.4) is 0 Å². The lowest BCUT2D eigenvalue weighted by Gasteiger charge is -1.99. The van der Waals surface area contributed by atoms with Gasteiger partial charge in [0.15, 0.2) is 5.13 Å². The lowest BCUT2D eigenvalue weighted by molar-refractivity contribution is -0.111. The number of thiazole rings is 1. The van der Waals surface area contributed by atoms with Crippen molar-refractivity contribution in [1.29, 1.82) is 0 Å². The molecule has 0 bridgehead atoms. The Labute approximate surface area is 135 Å². The van der Waals surface area contributed by atoms with Gasteiger partial charge >= 0.3 is 0 Å². The van der Waals surface area contributed by atoms with Crippen molar-refractivity contribution in [2.24, 2.45) is 0 Å². The Morgan fingerprint density at radius 3 is 2.82 bits per heavy atom. The van der Waals surface area contributed by atoms with E-state index in [-0.39, 0.29) is 10.6 Å². The van der Waals surface area contributed by atoms with E-state index in [1.165, 1.54) is 35.6 Å². The van der Waals surface area contributed by atoms with E-state index in [1.807, 2.05) is 24.3 Å². The molecule has 0 saturated carbocycles. The zero-order valence-electron chi connectivity index (χ0n) is 11.2. The Kier molecular flexibility index (Phi) is 4.18. The molecule has 3 aromatic rings. The summed E-state index contributed by atoms with van der Waals surface area (Å²) < 4.78 is 14.6. The van der Waals surface area contributed by atoms with Crippen molar-refractivity contribution in [2.75, 3.05) is 5.32 Å². The highest BCUT2D eigenvalue weighted by molar-refractivity contribution is 7.22. The van der Waals surface area contributed by atoms with Crippen molar-refractivity contribution in [2.45, 2.75) is 0 Å². The SMILES string of the molecule is O=C(/C=C/c1c(F)cccc1Cl)Nc1nc2ccccc2s1. The van der Waals surface area contributed by atoms with Crippen LogP contribution in [0.5, 0.6) is 0 Å². The molecule has 1 amide bonds. The Morgan fingerprint density at radius 1 is 1.23 bits per heavy atom. The molecule has 0 spiro atoms. The van der Waals surface area contributed by atoms with Crippen molar-refractivity contribution < 1.29 is 9.18 Å². The molecule has 1 aromatic heterocycles. The van der Waals surface area contributed by atoms with Crippen molar-refractivity contribution in [3.63, 3.8) is 0 Å². The maximum atomic E-state index is 13.6. The number of rotatable bonds is 3. The van der Waals surface area contributed by atoms with Gasteiger partial charge in [0.1, 0.15) is 5.82 Å². The third-order valence-corrected chi connectivity index (χ3v) is 4.21. The first-order valence-corrected chi connectivity index (χ1v) is 7.61. The molecule has 0 aliphatic heterocycles. The van der Waals surface area contributed by atoms with Crippen LogP contribution >= 0.6 is 22.9 Å². The van der Waals surface area contributed by atoms with E-state index in [0.717, 1.165) is 10.2 Å². The molecule has 0 fully saturated rings. The fourth-order valence-corrected chi connectivity index (χ4v) is 3.00. The highest BCUT2D eigenvalue weighted by Gasteiger charge is 2.07. The van der Waals surface area contributed by atoms with Crippen molar-refractivity contribution in [1.82, 2.24) is 4.98 Å². The number of nitrogens with one attached hydrogen (secondary N) is 1. The van der Waals surface area contributed by atoms with Crippen LogP contribution in [0.2, 0.25) is 5.02 Å². The largest absolute Gasteiger partial charge is 0.298 e. The Balaban J connectivity index is 1.76. The van der Waals surface area contributed by atoms with Gasteiger partial charge in [-0.3, -0.25) is 10.1 Å². The molecule has 0 aliphatic rings. The summed E-state index contributed by atoms with van der Waals surface area (Å²) in [5.41, 5.74) is 1.01. The number of hydrogen-bond acceptors (Lipinski definition) is 3. The highest BCUT2D eigenvalue weighted by Crippen LogP contribution is 2.25. The predicted octanol–water partition coefficient (Wildman–Crippen LogP) is 4.74. The van der Waals surface area contributed by atoms with E-state index in [0.29, 0.717) is 5.13 Å². The third-order valence-electron chi connectivity index (χ3n) is 2.93. The summed E-state index contributed by atoms with van der Waals surface area (Å²) in [7, 11) is 0. The van der Waals surface area contributed by atoms with Gasteiger partial charge in [-0.25, -0.2) is 9.37 Å². The molecule has 3 nitrogen and oxygen atoms in total. The van der Waals surface area contributed by atoms with E-state index in [2.05, 4.69) is 10.3 Å². The number of benzene rings is 2. The quantitative estimate of drug-likeness (QED) is 0.704. The molecule has 22 heavy (non-hydrogen) atoms. The fraction of sp³-hybridized carbons (Fsp3) is 0. The Hall–Kier alpha value is -2.24. The molecule has 0 unspecified atom stereocenters. The van der Waals surface area contributed by atoms with Gasteiger partial charge in [0.2, 0.25) is 5.91 Å². The van der Waals surface area contributed by atoms with Gasteiger partial charge in [-0.15, -0.1) is 0 Å². The van der Waals surface area contributed by atoms with Crippen LogP contribution in [-0.2, 0) is 4.79 Å². The highest BCUT2D eigenvalue weighted by atomic mass is 35.5. The van der Waals surface area contributed by atoms with Gasteiger partial charge < -0.3 is 0 Å². The summed E-state index contributed by atoms with van der Waals surface area (Å²) in [5, 5.41) is 3.41. The molecule has 1 heterocycles. The van der Waals surface area contributed by atoms with E-state index in [4.69, 9.17) is 11.6 Å². The fourth-order valence-electron chi connectivity index (χ4n) is 1.90. The summed E-state index contributed by atoms with van der Waals surface area (Å²) in [6.45, 7) is 0. The number of fused-ring (bicyclic) bond motifs is 1. The second kappa shape index (κ2) is 6.25. The maximum Gasteiger partial charge on any atom is 0.250 e. The van der Waals surface area contributed by atoms with E-state index >= 15 is 0 Å². The monoisotopic (exact) mass is 332 g/mol. The zero-order valence-corrected chi connectivity index (χ0v) is 12.8. The van der Waals surface area contributed by atoms with Gasteiger partial charge in [-0.05, 0) is 30.3 Å². The second-order valence-electron chi connectivity index (χ2n) is 4.44. The molecular weight excluding hydrogens is 323 g/mol. The van der Waals surface area contributed by atoms with E-state index in [9.17, 15) is 9.18 Å². The Morgan fingerprint density at radius 2 is 2.05 bits per heavy atom. The minimum Gasteiger partial charge on any atom is -0.298 e. The first-order valence-electron chi connectivity index (χ1n) is 6.42. The number of anilines is 1. The summed E-state index contributed by atoms with van der Waals surface area (Å²) in [5.74, 6) is -0.866. The lowest BCUT2D eigenvalue weighted by atomic mass is 10.2. The van der Waals surface area contributed by atoms with Crippen molar-refractivity contribution >= 4 is 50.3 Å². The zero-order chi connectivity index (χ0) is 15.5. The van der Waals surface area contributed by atoms with E-state index in [1.54, 1.807) is 6.07 Å². The molecule has 2 aromatic carbocycles. The molecule has 0 atom stereocenters. The van der Waals surface area contributed by atoms with Crippen molar-refractivity contribution in [3.8, 4) is 0 Å². The van der Waals surface area contributed by atoms with Crippen LogP contribution in [0.25, 0.3) is 16.3 Å². The molecule has 110 valence electrons. The first kappa shape index (κ1) is 14.7. The molecule has 0 radical (unpaired) electrons. The minimum absolute atomic E-state index is 0.184. The second-order valence-corrected chi connectivity index (χ2v) is 5.88. The smallest absolute Gasteiger partial charge is 0.250 e. The van der Waals surface area contributed by atoms with Gasteiger partial charge in [0.25, 0.3) is 0 Å². The summed E-state index contributed by atoms with van der Waals surface area (Å²) in [4.78, 5) is 16.2. The normalized spacial score (nSPS) is 11.2. The summed E-state index contributed by atoms with van der Waals surface area (Å²) in [6, 6.07) is 12.0. The van der Waals surface area contributed by atoms with Gasteiger partial charge in [0, 0.05) is 11.6 Å². The number of carbonyl (C=O) groups excluding carboxylic acids is 1. The maximum absolute atomic E-state index is 13.6. The van der Waals surface area contributed by atoms with Crippen LogP contribution in [0.1, 0.15) is 5.56 Å². The van der Waals surface area contributed by atoms with Crippen LogP contribution in [-0.4, -0.2) is 10.9 Å². The molecule has 0 saturated heterocycles. The molecule has 3 rings (SSSR count). The third kappa shape index (κ3) is 3.16. The van der Waals surface area contributed by atoms with Crippen LogP contribution in [0.15, 0.2) is 48.5 Å². The number of carbonyl (C=O) groups is 1. The topological polar surface area (TPSA) is 42.0 Å². The number of nitrogens with zero attached hydrogens (tertiary/aromatic N) is 1. The molecular formula is C16H10ClFN2OS. The predicted molar refractivity (Wildman–Crippen MR) is 88.7 cm³/mol. The van der Waals surface area contributed by atoms with Gasteiger partial charge in [0.05, 0.1) is 15.2 Å². The van der Waals surface area contributed by atoms with Gasteiger partial charge in [-0.2, -0.15) is 0 Å². The standard InChI is InChI=1S/C16H10ClFN2OS/c17-11-4-3-5-12(18)10(11)8-9-15(21)20-16-19-13-6-1-2-7-14(13)22-16/h1-9H,(H,19,20,21)/b9-8+. The molecule has 1 N–H and O–H groups in total. The number of para-hydroxylation sites is 1.